The molecule has 0 spiro atoms. The molecule has 1 rings (SSSR count). The van der Waals surface area contributed by atoms with E-state index in [1.807, 2.05) is 0 Å². The maximum atomic E-state index is 2.63. The fourth-order valence-electron chi connectivity index (χ4n) is 6.33. The Bertz CT molecular complexity index is 619. The van der Waals surface area contributed by atoms with Crippen LogP contribution in [0.25, 0.3) is 0 Å². The average molecular weight is 560 g/mol. The second-order valence-corrected chi connectivity index (χ2v) is 13.0. The van der Waals surface area contributed by atoms with Gasteiger partial charge in [-0.2, -0.15) is 0 Å². The highest BCUT2D eigenvalue weighted by molar-refractivity contribution is 4.84. The normalized spacial score (nSPS) is 11.6. The third-order valence-electron chi connectivity index (χ3n) is 9.10. The summed E-state index contributed by atoms with van der Waals surface area (Å²) in [5.41, 5.74) is 0. The molecule has 0 fully saturated rings. The van der Waals surface area contributed by atoms with Crippen molar-refractivity contribution in [2.75, 3.05) is 0 Å². The summed E-state index contributed by atoms with van der Waals surface area (Å²) in [7, 11) is 0. The average Bonchev–Trinajstić information content (AvgIpc) is 3.35. The minimum absolute atomic E-state index is 1.23. The lowest BCUT2D eigenvalue weighted by atomic mass is 10.1. The number of aryl methyl sites for hydroxylation is 2. The number of nitrogens with zero attached hydrogens (tertiary/aromatic N) is 2. The monoisotopic (exact) mass is 560 g/mol. The maximum absolute atomic E-state index is 2.63. The molecule has 0 atom stereocenters. The van der Waals surface area contributed by atoms with E-state index in [0.717, 1.165) is 0 Å². The van der Waals surface area contributed by atoms with E-state index < -0.39 is 0 Å². The molecule has 0 bridgehead atoms. The van der Waals surface area contributed by atoms with Gasteiger partial charge in [-0.05, 0) is 32.1 Å². The number of rotatable bonds is 32. The fourth-order valence-corrected chi connectivity index (χ4v) is 6.33. The van der Waals surface area contributed by atoms with Crippen LogP contribution in [0.3, 0.4) is 0 Å². The lowest BCUT2D eigenvalue weighted by Crippen LogP contribution is -2.37. The SMILES string of the molecule is CCCCCCCCCCCCCC[n+]1ccn(CCCCCCCCCCC)c1CCCCCCCCCC. The third-order valence-corrected chi connectivity index (χ3v) is 9.10. The molecule has 0 aromatic carbocycles. The quantitative estimate of drug-likeness (QED) is 0.0613. The zero-order chi connectivity index (χ0) is 28.8. The van der Waals surface area contributed by atoms with Crippen LogP contribution in [0, 0.1) is 0 Å². The molecule has 0 N–H and O–H groups in total. The lowest BCUT2D eigenvalue weighted by Gasteiger charge is -2.07. The first-order chi connectivity index (χ1) is 19.8. The summed E-state index contributed by atoms with van der Waals surface area (Å²) >= 11 is 0. The molecule has 0 aliphatic carbocycles. The molecule has 0 radical (unpaired) electrons. The molecule has 0 aliphatic rings. The Morgan fingerprint density at radius 1 is 0.425 bits per heavy atom. The number of unbranched alkanes of at least 4 members (excludes halogenated alkanes) is 26. The van der Waals surface area contributed by atoms with Gasteiger partial charge < -0.3 is 0 Å². The van der Waals surface area contributed by atoms with Gasteiger partial charge in [0.25, 0.3) is 5.82 Å². The Labute approximate surface area is 253 Å². The molecular weight excluding hydrogens is 484 g/mol. The van der Waals surface area contributed by atoms with E-state index in [-0.39, 0.29) is 0 Å². The molecular formula is C38H75N2+. The van der Waals surface area contributed by atoms with Crippen molar-refractivity contribution in [3.05, 3.63) is 18.2 Å². The Morgan fingerprint density at radius 3 is 1.20 bits per heavy atom. The van der Waals surface area contributed by atoms with Gasteiger partial charge in [-0.15, -0.1) is 0 Å². The highest BCUT2D eigenvalue weighted by atomic mass is 15.1. The standard InChI is InChI=1S/C38H75N2/c1-4-7-10-13-16-19-20-21-23-26-29-32-35-40-37-36-39(34-31-28-25-22-17-14-11-8-5-2)38(40)33-30-27-24-18-15-12-9-6-3/h36-37H,4-35H2,1-3H3/q+1. The van der Waals surface area contributed by atoms with Gasteiger partial charge in [0.1, 0.15) is 12.4 Å². The highest BCUT2D eigenvalue weighted by Crippen LogP contribution is 2.15. The maximum Gasteiger partial charge on any atom is 0.256 e. The van der Waals surface area contributed by atoms with Crippen LogP contribution in [0.1, 0.15) is 213 Å². The van der Waals surface area contributed by atoms with Crippen LogP contribution in [0.4, 0.5) is 0 Å². The van der Waals surface area contributed by atoms with E-state index in [1.165, 1.54) is 206 Å². The molecule has 2 nitrogen and oxygen atoms in total. The van der Waals surface area contributed by atoms with Crippen LogP contribution in [0.5, 0.6) is 0 Å². The van der Waals surface area contributed by atoms with Crippen molar-refractivity contribution in [2.24, 2.45) is 0 Å². The van der Waals surface area contributed by atoms with Crippen LogP contribution < -0.4 is 4.57 Å². The molecule has 40 heavy (non-hydrogen) atoms. The van der Waals surface area contributed by atoms with Crippen LogP contribution >= 0.6 is 0 Å². The van der Waals surface area contributed by atoms with Gasteiger partial charge in [0.05, 0.1) is 13.1 Å². The number of hydrogen-bond donors (Lipinski definition) is 0. The third kappa shape index (κ3) is 21.9. The zero-order valence-electron chi connectivity index (χ0n) is 28.2. The van der Waals surface area contributed by atoms with Crippen molar-refractivity contribution < 1.29 is 4.57 Å². The fraction of sp³-hybridized carbons (Fsp3) is 0.921. The predicted octanol–water partition coefficient (Wildman–Crippen LogP) is 12.7. The molecule has 0 saturated heterocycles. The minimum Gasteiger partial charge on any atom is -0.234 e. The summed E-state index contributed by atoms with van der Waals surface area (Å²) < 4.78 is 5.26. The van der Waals surface area contributed by atoms with Crippen molar-refractivity contribution in [2.45, 2.75) is 226 Å². The van der Waals surface area contributed by atoms with Gasteiger partial charge in [0.2, 0.25) is 0 Å². The first kappa shape index (κ1) is 37.2. The summed E-state index contributed by atoms with van der Waals surface area (Å²) in [6.07, 6.45) is 47.4. The number of aromatic nitrogens is 2. The van der Waals surface area contributed by atoms with Gasteiger partial charge in [0, 0.05) is 6.42 Å². The van der Waals surface area contributed by atoms with E-state index in [4.69, 9.17) is 0 Å². The molecule has 1 aromatic rings. The smallest absolute Gasteiger partial charge is 0.234 e. The molecule has 1 aromatic heterocycles. The molecule has 0 saturated carbocycles. The van der Waals surface area contributed by atoms with E-state index in [2.05, 4.69) is 42.3 Å². The van der Waals surface area contributed by atoms with Crippen LogP contribution in [-0.4, -0.2) is 4.57 Å². The van der Waals surface area contributed by atoms with Crippen LogP contribution in [0.15, 0.2) is 12.4 Å². The predicted molar refractivity (Wildman–Crippen MR) is 179 cm³/mol. The number of hydrogen-bond acceptors (Lipinski definition) is 0. The number of imidazole rings is 1. The first-order valence-corrected chi connectivity index (χ1v) is 18.9. The summed E-state index contributed by atoms with van der Waals surface area (Å²) in [6, 6.07) is 0. The van der Waals surface area contributed by atoms with Gasteiger partial charge in [0.15, 0.2) is 0 Å². The van der Waals surface area contributed by atoms with Gasteiger partial charge in [-0.25, -0.2) is 9.13 Å². The lowest BCUT2D eigenvalue weighted by molar-refractivity contribution is -0.704. The second-order valence-electron chi connectivity index (χ2n) is 13.0. The summed E-state index contributed by atoms with van der Waals surface area (Å²) in [6.45, 7) is 9.40. The molecule has 236 valence electrons. The van der Waals surface area contributed by atoms with Crippen molar-refractivity contribution in [3.8, 4) is 0 Å². The summed E-state index contributed by atoms with van der Waals surface area (Å²) in [5.74, 6) is 1.62. The summed E-state index contributed by atoms with van der Waals surface area (Å²) in [5, 5.41) is 0. The van der Waals surface area contributed by atoms with Crippen molar-refractivity contribution in [1.82, 2.24) is 4.57 Å². The highest BCUT2D eigenvalue weighted by Gasteiger charge is 2.16. The van der Waals surface area contributed by atoms with Crippen molar-refractivity contribution >= 4 is 0 Å². The topological polar surface area (TPSA) is 8.81 Å². The Morgan fingerprint density at radius 2 is 0.775 bits per heavy atom. The molecule has 0 aliphatic heterocycles. The zero-order valence-corrected chi connectivity index (χ0v) is 28.2. The Balaban J connectivity index is 2.30. The van der Waals surface area contributed by atoms with E-state index in [9.17, 15) is 0 Å². The van der Waals surface area contributed by atoms with E-state index >= 15 is 0 Å². The second kappa shape index (κ2) is 29.7. The van der Waals surface area contributed by atoms with Gasteiger partial charge in [-0.3, -0.25) is 0 Å². The van der Waals surface area contributed by atoms with E-state index in [1.54, 1.807) is 5.82 Å². The van der Waals surface area contributed by atoms with Crippen LogP contribution in [-0.2, 0) is 19.5 Å². The van der Waals surface area contributed by atoms with Crippen molar-refractivity contribution in [1.29, 1.82) is 0 Å². The first-order valence-electron chi connectivity index (χ1n) is 18.9. The molecule has 1 heterocycles. The van der Waals surface area contributed by atoms with E-state index in [0.29, 0.717) is 0 Å². The molecule has 2 heteroatoms. The molecule has 0 unspecified atom stereocenters. The largest absolute Gasteiger partial charge is 0.256 e. The minimum atomic E-state index is 1.23. The molecule has 0 amide bonds. The Hall–Kier alpha value is -0.790. The Kier molecular flexibility index (Phi) is 27.6. The van der Waals surface area contributed by atoms with Gasteiger partial charge >= 0.3 is 0 Å². The summed E-state index contributed by atoms with van der Waals surface area (Å²) in [4.78, 5) is 0. The van der Waals surface area contributed by atoms with Crippen molar-refractivity contribution in [3.63, 3.8) is 0 Å². The van der Waals surface area contributed by atoms with Gasteiger partial charge in [-0.1, -0.05) is 175 Å². The van der Waals surface area contributed by atoms with Crippen LogP contribution in [0.2, 0.25) is 0 Å².